The summed E-state index contributed by atoms with van der Waals surface area (Å²) >= 11 is 0. The molecule has 0 nitrogen and oxygen atoms in total. The summed E-state index contributed by atoms with van der Waals surface area (Å²) in [5.41, 5.74) is 0. The zero-order valence-electron chi connectivity index (χ0n) is 8.97. The smallest absolute Gasteiger partial charge is 0.0199 e. The van der Waals surface area contributed by atoms with Crippen LogP contribution in [0, 0.1) is 12.3 Å². The lowest BCUT2D eigenvalue weighted by atomic mass is 10.00. The summed E-state index contributed by atoms with van der Waals surface area (Å²) in [7, 11) is 0. The lowest BCUT2D eigenvalue weighted by Crippen LogP contribution is -1.92. The van der Waals surface area contributed by atoms with Crippen molar-refractivity contribution in [2.75, 3.05) is 0 Å². The van der Waals surface area contributed by atoms with E-state index in [0.717, 1.165) is 5.92 Å². The van der Waals surface area contributed by atoms with E-state index in [1.165, 1.54) is 51.4 Å². The summed E-state index contributed by atoms with van der Waals surface area (Å²) in [6, 6.07) is 0. The SMILES string of the molecule is CCCCCCC[CH]C1C=CCC1. The molecule has 0 heterocycles. The number of allylic oxidation sites excluding steroid dienone is 2. The highest BCUT2D eigenvalue weighted by molar-refractivity contribution is 5.01. The largest absolute Gasteiger partial charge is 0.0882 e. The van der Waals surface area contributed by atoms with Gasteiger partial charge in [0.1, 0.15) is 0 Å². The molecular formula is C13H23. The first-order chi connectivity index (χ1) is 6.43. The van der Waals surface area contributed by atoms with Gasteiger partial charge < -0.3 is 0 Å². The average molecular weight is 179 g/mol. The predicted molar refractivity (Wildman–Crippen MR) is 59.5 cm³/mol. The highest BCUT2D eigenvalue weighted by atomic mass is 14.1. The molecule has 1 aliphatic carbocycles. The van der Waals surface area contributed by atoms with Crippen LogP contribution in [0.15, 0.2) is 12.2 Å². The monoisotopic (exact) mass is 179 g/mol. The van der Waals surface area contributed by atoms with Crippen molar-refractivity contribution in [1.82, 2.24) is 0 Å². The van der Waals surface area contributed by atoms with Crippen LogP contribution in [0.4, 0.5) is 0 Å². The van der Waals surface area contributed by atoms with Gasteiger partial charge in [-0.05, 0) is 31.6 Å². The molecule has 0 aromatic rings. The van der Waals surface area contributed by atoms with Gasteiger partial charge in [-0.15, -0.1) is 0 Å². The topological polar surface area (TPSA) is 0 Å². The van der Waals surface area contributed by atoms with E-state index in [-0.39, 0.29) is 0 Å². The Kier molecular flexibility index (Phi) is 5.97. The summed E-state index contributed by atoms with van der Waals surface area (Å²) in [5.74, 6) is 0.811. The molecule has 0 N–H and O–H groups in total. The molecule has 0 spiro atoms. The second-order valence-corrected chi connectivity index (χ2v) is 4.11. The number of hydrogen-bond donors (Lipinski definition) is 0. The first-order valence-corrected chi connectivity index (χ1v) is 5.93. The Morgan fingerprint density at radius 3 is 2.77 bits per heavy atom. The van der Waals surface area contributed by atoms with E-state index in [9.17, 15) is 0 Å². The summed E-state index contributed by atoms with van der Waals surface area (Å²) in [6.45, 7) is 2.27. The number of hydrogen-bond acceptors (Lipinski definition) is 0. The first kappa shape index (κ1) is 10.8. The Morgan fingerprint density at radius 2 is 2.08 bits per heavy atom. The molecule has 1 aliphatic rings. The van der Waals surface area contributed by atoms with E-state index < -0.39 is 0 Å². The fraction of sp³-hybridized carbons (Fsp3) is 0.769. The van der Waals surface area contributed by atoms with Crippen LogP contribution in [-0.4, -0.2) is 0 Å². The second-order valence-electron chi connectivity index (χ2n) is 4.11. The lowest BCUT2D eigenvalue weighted by molar-refractivity contribution is 0.598. The van der Waals surface area contributed by atoms with Crippen LogP contribution in [0.2, 0.25) is 0 Å². The molecule has 1 rings (SSSR count). The minimum atomic E-state index is 0.811. The molecule has 0 aromatic carbocycles. The molecule has 1 unspecified atom stereocenters. The van der Waals surface area contributed by atoms with Crippen LogP contribution < -0.4 is 0 Å². The maximum Gasteiger partial charge on any atom is -0.0199 e. The summed E-state index contributed by atoms with van der Waals surface area (Å²) < 4.78 is 0. The summed E-state index contributed by atoms with van der Waals surface area (Å²) in [4.78, 5) is 0. The quantitative estimate of drug-likeness (QED) is 0.398. The van der Waals surface area contributed by atoms with Crippen molar-refractivity contribution < 1.29 is 0 Å². The molecule has 0 amide bonds. The van der Waals surface area contributed by atoms with Crippen molar-refractivity contribution in [2.24, 2.45) is 5.92 Å². The predicted octanol–water partition coefficient (Wildman–Crippen LogP) is 4.52. The minimum absolute atomic E-state index is 0.811. The lowest BCUT2D eigenvalue weighted by Gasteiger charge is -2.05. The van der Waals surface area contributed by atoms with Crippen molar-refractivity contribution in [2.45, 2.75) is 58.3 Å². The zero-order valence-corrected chi connectivity index (χ0v) is 8.97. The Bertz CT molecular complexity index is 135. The molecule has 0 saturated carbocycles. The van der Waals surface area contributed by atoms with Crippen LogP contribution >= 0.6 is 0 Å². The molecule has 0 heteroatoms. The molecule has 75 valence electrons. The standard InChI is InChI=1S/C13H23/c1-2-3-4-5-6-7-10-13-11-8-9-12-13/h8,10-11,13H,2-7,9,12H2,1H3. The second kappa shape index (κ2) is 7.17. The normalized spacial score (nSPS) is 21.2. The van der Waals surface area contributed by atoms with Crippen molar-refractivity contribution in [1.29, 1.82) is 0 Å². The number of rotatable bonds is 7. The Hall–Kier alpha value is -0.260. The zero-order chi connectivity index (χ0) is 9.36. The molecule has 0 fully saturated rings. The van der Waals surface area contributed by atoms with Gasteiger partial charge in [-0.3, -0.25) is 0 Å². The van der Waals surface area contributed by atoms with Crippen LogP contribution in [0.3, 0.4) is 0 Å². The molecule has 1 atom stereocenters. The number of unbranched alkanes of at least 4 members (excludes halogenated alkanes) is 5. The first-order valence-electron chi connectivity index (χ1n) is 5.93. The maximum absolute atomic E-state index is 2.51. The fourth-order valence-corrected chi connectivity index (χ4v) is 1.93. The highest BCUT2D eigenvalue weighted by Gasteiger charge is 2.07. The van der Waals surface area contributed by atoms with E-state index >= 15 is 0 Å². The summed E-state index contributed by atoms with van der Waals surface area (Å²) in [5, 5.41) is 0. The maximum atomic E-state index is 2.51. The van der Waals surface area contributed by atoms with Crippen LogP contribution in [0.5, 0.6) is 0 Å². The van der Waals surface area contributed by atoms with Crippen molar-refractivity contribution in [3.05, 3.63) is 18.6 Å². The average Bonchev–Trinajstić information content (AvgIpc) is 2.63. The molecule has 0 aliphatic heterocycles. The highest BCUT2D eigenvalue weighted by Crippen LogP contribution is 2.22. The third-order valence-corrected chi connectivity index (χ3v) is 2.83. The van der Waals surface area contributed by atoms with E-state index in [2.05, 4.69) is 25.5 Å². The van der Waals surface area contributed by atoms with Crippen LogP contribution in [0.25, 0.3) is 0 Å². The molecule has 0 saturated heterocycles. The molecule has 1 radical (unpaired) electrons. The van der Waals surface area contributed by atoms with E-state index in [4.69, 9.17) is 0 Å². The van der Waals surface area contributed by atoms with Crippen LogP contribution in [0.1, 0.15) is 58.3 Å². The van der Waals surface area contributed by atoms with Gasteiger partial charge >= 0.3 is 0 Å². The van der Waals surface area contributed by atoms with E-state index in [0.29, 0.717) is 0 Å². The Labute approximate surface area is 83.4 Å². The third kappa shape index (κ3) is 5.13. The van der Waals surface area contributed by atoms with Crippen molar-refractivity contribution in [3.8, 4) is 0 Å². The third-order valence-electron chi connectivity index (χ3n) is 2.83. The van der Waals surface area contributed by atoms with Gasteiger partial charge in [-0.1, -0.05) is 51.2 Å². The summed E-state index contributed by atoms with van der Waals surface area (Å²) in [6.07, 6.45) is 18.2. The Balaban J connectivity index is 1.81. The van der Waals surface area contributed by atoms with Gasteiger partial charge in [0, 0.05) is 0 Å². The Morgan fingerprint density at radius 1 is 1.23 bits per heavy atom. The van der Waals surface area contributed by atoms with Gasteiger partial charge in [0.2, 0.25) is 0 Å². The molecular weight excluding hydrogens is 156 g/mol. The van der Waals surface area contributed by atoms with Gasteiger partial charge in [-0.2, -0.15) is 0 Å². The van der Waals surface area contributed by atoms with Gasteiger partial charge in [0.05, 0.1) is 0 Å². The molecule has 13 heavy (non-hydrogen) atoms. The van der Waals surface area contributed by atoms with Crippen molar-refractivity contribution in [3.63, 3.8) is 0 Å². The molecule has 0 aromatic heterocycles. The van der Waals surface area contributed by atoms with Gasteiger partial charge in [0.25, 0.3) is 0 Å². The van der Waals surface area contributed by atoms with Crippen molar-refractivity contribution >= 4 is 0 Å². The van der Waals surface area contributed by atoms with E-state index in [1.807, 2.05) is 0 Å². The molecule has 0 bridgehead atoms. The van der Waals surface area contributed by atoms with Crippen LogP contribution in [-0.2, 0) is 0 Å². The van der Waals surface area contributed by atoms with Gasteiger partial charge in [0.15, 0.2) is 0 Å². The van der Waals surface area contributed by atoms with E-state index in [1.54, 1.807) is 0 Å². The minimum Gasteiger partial charge on any atom is -0.0882 e. The fourth-order valence-electron chi connectivity index (χ4n) is 1.93. The van der Waals surface area contributed by atoms with Gasteiger partial charge in [-0.25, -0.2) is 0 Å².